The third-order valence-electron chi connectivity index (χ3n) is 3.64. The number of hydrogen-bond acceptors (Lipinski definition) is 5. The van der Waals surface area contributed by atoms with Gasteiger partial charge in [0, 0.05) is 18.6 Å². The number of halogens is 1. The maximum Gasteiger partial charge on any atom is 0.265 e. The first-order chi connectivity index (χ1) is 13.0. The van der Waals surface area contributed by atoms with E-state index in [2.05, 4.69) is 10.5 Å². The van der Waals surface area contributed by atoms with E-state index < -0.39 is 5.91 Å². The number of carbonyl (C=O) groups excluding carboxylic acids is 1. The van der Waals surface area contributed by atoms with Crippen molar-refractivity contribution in [2.24, 2.45) is 10.9 Å². The quantitative estimate of drug-likeness (QED) is 0.389. The summed E-state index contributed by atoms with van der Waals surface area (Å²) in [6.07, 6.45) is 1.28. The zero-order valence-electron chi connectivity index (χ0n) is 15.2. The maximum absolute atomic E-state index is 12.1. The van der Waals surface area contributed by atoms with Gasteiger partial charge in [0.25, 0.3) is 5.91 Å². The fourth-order valence-electron chi connectivity index (χ4n) is 2.28. The molecule has 0 aliphatic heterocycles. The van der Waals surface area contributed by atoms with Gasteiger partial charge in [0.1, 0.15) is 17.3 Å². The largest absolute Gasteiger partial charge is 0.495 e. The van der Waals surface area contributed by atoms with E-state index in [0.29, 0.717) is 34.5 Å². The van der Waals surface area contributed by atoms with Crippen LogP contribution >= 0.6 is 11.6 Å². The van der Waals surface area contributed by atoms with Crippen molar-refractivity contribution in [2.75, 3.05) is 26.1 Å². The Morgan fingerprint density at radius 1 is 1.15 bits per heavy atom. The minimum atomic E-state index is -0.419. The number of nitrogens with zero attached hydrogens (tertiary/aromatic N) is 1. The first-order valence-electron chi connectivity index (χ1n) is 8.23. The number of anilines is 1. The van der Waals surface area contributed by atoms with Crippen LogP contribution in [0, 0.1) is 0 Å². The van der Waals surface area contributed by atoms with Crippen molar-refractivity contribution in [3.05, 3.63) is 53.1 Å². The third-order valence-corrected chi connectivity index (χ3v) is 3.93. The van der Waals surface area contributed by atoms with Crippen LogP contribution in [0.4, 0.5) is 5.69 Å². The number of hydrogen-bond donors (Lipinski definition) is 2. The average molecular weight is 392 g/mol. The van der Waals surface area contributed by atoms with Crippen LogP contribution in [-0.4, -0.2) is 32.6 Å². The first kappa shape index (κ1) is 20.4. The minimum Gasteiger partial charge on any atom is -0.495 e. The van der Waals surface area contributed by atoms with E-state index in [9.17, 15) is 4.79 Å². The Bertz CT molecular complexity index is 797. The van der Waals surface area contributed by atoms with E-state index in [1.54, 1.807) is 12.1 Å². The fourth-order valence-corrected chi connectivity index (χ4v) is 2.51. The lowest BCUT2D eigenvalue weighted by atomic mass is 10.1. The summed E-state index contributed by atoms with van der Waals surface area (Å²) in [6.45, 7) is -0.292. The number of amidine groups is 1. The average Bonchev–Trinajstić information content (AvgIpc) is 2.68. The van der Waals surface area contributed by atoms with Gasteiger partial charge in [-0.15, -0.1) is 0 Å². The van der Waals surface area contributed by atoms with E-state index in [1.807, 2.05) is 30.3 Å². The normalized spacial score (nSPS) is 11.0. The van der Waals surface area contributed by atoms with Gasteiger partial charge in [0.05, 0.1) is 24.9 Å². The Labute approximate surface area is 163 Å². The van der Waals surface area contributed by atoms with Crippen LogP contribution in [-0.2, 0) is 16.1 Å². The number of nitrogens with two attached hydrogens (primary N) is 1. The molecule has 0 spiro atoms. The van der Waals surface area contributed by atoms with Crippen molar-refractivity contribution in [3.63, 3.8) is 0 Å². The molecular weight excluding hydrogens is 370 g/mol. The van der Waals surface area contributed by atoms with E-state index in [4.69, 9.17) is 31.6 Å². The SMILES string of the molecule is COc1cc(NC(=O)CO/N=C(\N)CCc2ccccc2)c(OC)cc1Cl. The first-order valence-corrected chi connectivity index (χ1v) is 8.61. The van der Waals surface area contributed by atoms with E-state index in [-0.39, 0.29) is 6.61 Å². The highest BCUT2D eigenvalue weighted by Gasteiger charge is 2.13. The lowest BCUT2D eigenvalue weighted by molar-refractivity contribution is -0.120. The van der Waals surface area contributed by atoms with Crippen LogP contribution in [0.3, 0.4) is 0 Å². The molecule has 0 unspecified atom stereocenters. The Hall–Kier alpha value is -2.93. The number of oxime groups is 1. The van der Waals surface area contributed by atoms with Crippen molar-refractivity contribution < 1.29 is 19.1 Å². The van der Waals surface area contributed by atoms with Crippen molar-refractivity contribution in [1.82, 2.24) is 0 Å². The van der Waals surface area contributed by atoms with Gasteiger partial charge in [-0.2, -0.15) is 0 Å². The zero-order valence-corrected chi connectivity index (χ0v) is 16.0. The molecule has 0 radical (unpaired) electrons. The van der Waals surface area contributed by atoms with Crippen molar-refractivity contribution in [1.29, 1.82) is 0 Å². The predicted molar refractivity (Wildman–Crippen MR) is 106 cm³/mol. The standard InChI is InChI=1S/C19H22ClN3O4/c1-25-16-11-15(17(26-2)10-14(16)20)22-19(24)12-27-23-18(21)9-8-13-6-4-3-5-7-13/h3-7,10-11H,8-9,12H2,1-2H3,(H2,21,23)(H,22,24). The van der Waals surface area contributed by atoms with Crippen LogP contribution in [0.1, 0.15) is 12.0 Å². The third kappa shape index (κ3) is 6.38. The van der Waals surface area contributed by atoms with Gasteiger partial charge in [0.15, 0.2) is 6.61 Å². The van der Waals surface area contributed by atoms with Crippen LogP contribution in [0.25, 0.3) is 0 Å². The molecule has 2 aromatic carbocycles. The molecule has 7 nitrogen and oxygen atoms in total. The molecule has 0 heterocycles. The Kier molecular flexibility index (Phi) is 7.76. The molecule has 0 fully saturated rings. The van der Waals surface area contributed by atoms with Crippen LogP contribution in [0.2, 0.25) is 5.02 Å². The summed E-state index contributed by atoms with van der Waals surface area (Å²) in [7, 11) is 2.96. The number of carbonyl (C=O) groups is 1. The smallest absolute Gasteiger partial charge is 0.265 e. The lowest BCUT2D eigenvalue weighted by Gasteiger charge is -2.12. The summed E-state index contributed by atoms with van der Waals surface area (Å²) >= 11 is 6.04. The summed E-state index contributed by atoms with van der Waals surface area (Å²) in [5, 5.41) is 6.80. The Morgan fingerprint density at radius 2 is 1.85 bits per heavy atom. The Balaban J connectivity index is 1.85. The summed E-state index contributed by atoms with van der Waals surface area (Å²) < 4.78 is 10.3. The van der Waals surface area contributed by atoms with E-state index in [1.165, 1.54) is 14.2 Å². The molecule has 0 aliphatic carbocycles. The van der Waals surface area contributed by atoms with Crippen molar-refractivity contribution >= 4 is 29.0 Å². The second-order valence-electron chi connectivity index (χ2n) is 5.58. The second kappa shape index (κ2) is 10.3. The number of benzene rings is 2. The van der Waals surface area contributed by atoms with E-state index >= 15 is 0 Å². The molecule has 0 bridgehead atoms. The summed E-state index contributed by atoms with van der Waals surface area (Å²) in [6, 6.07) is 13.0. The number of aryl methyl sites for hydroxylation is 1. The molecule has 2 aromatic rings. The Morgan fingerprint density at radius 3 is 2.52 bits per heavy atom. The van der Waals surface area contributed by atoms with Crippen molar-refractivity contribution in [3.8, 4) is 11.5 Å². The van der Waals surface area contributed by atoms with Gasteiger partial charge in [-0.3, -0.25) is 4.79 Å². The lowest BCUT2D eigenvalue weighted by Crippen LogP contribution is -2.19. The van der Waals surface area contributed by atoms with Crippen LogP contribution in [0.5, 0.6) is 11.5 Å². The fraction of sp³-hybridized carbons (Fsp3) is 0.263. The molecule has 0 saturated carbocycles. The number of ether oxygens (including phenoxy) is 2. The number of amides is 1. The molecule has 2 rings (SSSR count). The molecule has 144 valence electrons. The van der Waals surface area contributed by atoms with Gasteiger partial charge < -0.3 is 25.4 Å². The molecule has 8 heteroatoms. The van der Waals surface area contributed by atoms with Crippen LogP contribution in [0.15, 0.2) is 47.6 Å². The summed E-state index contributed by atoms with van der Waals surface area (Å²) in [5.41, 5.74) is 7.36. The number of methoxy groups -OCH3 is 2. The minimum absolute atomic E-state index is 0.292. The number of rotatable bonds is 9. The summed E-state index contributed by atoms with van der Waals surface area (Å²) in [4.78, 5) is 17.1. The van der Waals surface area contributed by atoms with Gasteiger partial charge in [-0.05, 0) is 12.0 Å². The molecule has 0 aromatic heterocycles. The highest BCUT2D eigenvalue weighted by Crippen LogP contribution is 2.35. The van der Waals surface area contributed by atoms with Gasteiger partial charge >= 0.3 is 0 Å². The van der Waals surface area contributed by atoms with Crippen molar-refractivity contribution in [2.45, 2.75) is 12.8 Å². The highest BCUT2D eigenvalue weighted by molar-refractivity contribution is 6.32. The van der Waals surface area contributed by atoms with Crippen LogP contribution < -0.4 is 20.5 Å². The molecule has 3 N–H and O–H groups in total. The molecular formula is C19H22ClN3O4. The molecule has 0 atom stereocenters. The van der Waals surface area contributed by atoms with E-state index in [0.717, 1.165) is 12.0 Å². The zero-order chi connectivity index (χ0) is 19.6. The highest BCUT2D eigenvalue weighted by atomic mass is 35.5. The predicted octanol–water partition coefficient (Wildman–Crippen LogP) is 3.22. The van der Waals surface area contributed by atoms with Gasteiger partial charge in [-0.25, -0.2) is 0 Å². The van der Waals surface area contributed by atoms with Gasteiger partial charge in [-0.1, -0.05) is 47.1 Å². The summed E-state index contributed by atoms with van der Waals surface area (Å²) in [5.74, 6) is 0.714. The monoisotopic (exact) mass is 391 g/mol. The number of nitrogens with one attached hydrogen (secondary N) is 1. The topological polar surface area (TPSA) is 95.2 Å². The molecule has 1 amide bonds. The van der Waals surface area contributed by atoms with Gasteiger partial charge in [0.2, 0.25) is 0 Å². The molecule has 0 aliphatic rings. The molecule has 27 heavy (non-hydrogen) atoms. The second-order valence-corrected chi connectivity index (χ2v) is 5.98. The maximum atomic E-state index is 12.1. The molecule has 0 saturated heterocycles.